The number of hydrogen-bond donors (Lipinski definition) is 2. The SMILES string of the molecule is COc1ccc2c(N3CC(CC(C)(C)NS(N)(=O)=O)C3)nc(C)nc2c1OC. The summed E-state index contributed by atoms with van der Waals surface area (Å²) in [5.74, 6) is 3.03. The molecule has 0 atom stereocenters. The minimum Gasteiger partial charge on any atom is -0.493 e. The van der Waals surface area contributed by atoms with Gasteiger partial charge >= 0.3 is 0 Å². The number of hydrogen-bond acceptors (Lipinski definition) is 7. The van der Waals surface area contributed by atoms with E-state index in [1.54, 1.807) is 14.2 Å². The van der Waals surface area contributed by atoms with Crippen LogP contribution in [0.1, 0.15) is 26.1 Å². The zero-order valence-corrected chi connectivity index (χ0v) is 17.6. The summed E-state index contributed by atoms with van der Waals surface area (Å²) in [5, 5.41) is 6.01. The van der Waals surface area contributed by atoms with E-state index in [1.165, 1.54) is 0 Å². The molecule has 1 aliphatic rings. The van der Waals surface area contributed by atoms with Gasteiger partial charge in [0, 0.05) is 24.0 Å². The molecular formula is C18H27N5O4S. The van der Waals surface area contributed by atoms with Gasteiger partial charge in [-0.3, -0.25) is 0 Å². The Labute approximate surface area is 165 Å². The summed E-state index contributed by atoms with van der Waals surface area (Å²) < 4.78 is 36.0. The van der Waals surface area contributed by atoms with Crippen molar-refractivity contribution in [3.05, 3.63) is 18.0 Å². The number of fused-ring (bicyclic) bond motifs is 1. The Morgan fingerprint density at radius 1 is 1.25 bits per heavy atom. The molecule has 28 heavy (non-hydrogen) atoms. The fraction of sp³-hybridized carbons (Fsp3) is 0.556. The first-order valence-corrected chi connectivity index (χ1v) is 10.5. The third kappa shape index (κ3) is 4.29. The third-order valence-corrected chi connectivity index (χ3v) is 5.61. The summed E-state index contributed by atoms with van der Waals surface area (Å²) >= 11 is 0. The maximum Gasteiger partial charge on any atom is 0.274 e. The maximum absolute atomic E-state index is 11.3. The zero-order valence-electron chi connectivity index (χ0n) is 16.8. The van der Waals surface area contributed by atoms with Crippen molar-refractivity contribution in [1.82, 2.24) is 14.7 Å². The van der Waals surface area contributed by atoms with Crippen molar-refractivity contribution in [2.24, 2.45) is 11.1 Å². The van der Waals surface area contributed by atoms with Crippen molar-refractivity contribution >= 4 is 26.9 Å². The number of ether oxygens (including phenoxy) is 2. The third-order valence-electron chi connectivity index (χ3n) is 4.78. The molecule has 0 unspecified atom stereocenters. The van der Waals surface area contributed by atoms with E-state index >= 15 is 0 Å². The minimum absolute atomic E-state index is 0.328. The number of aryl methyl sites for hydroxylation is 1. The number of aromatic nitrogens is 2. The summed E-state index contributed by atoms with van der Waals surface area (Å²) in [6.07, 6.45) is 0.680. The molecule has 0 bridgehead atoms. The van der Waals surface area contributed by atoms with Gasteiger partial charge in [-0.05, 0) is 45.2 Å². The van der Waals surface area contributed by atoms with Crippen molar-refractivity contribution in [2.45, 2.75) is 32.7 Å². The summed E-state index contributed by atoms with van der Waals surface area (Å²) in [6, 6.07) is 3.78. The van der Waals surface area contributed by atoms with Gasteiger partial charge in [0.25, 0.3) is 10.2 Å². The molecule has 1 aromatic carbocycles. The Bertz CT molecular complexity index is 987. The van der Waals surface area contributed by atoms with Gasteiger partial charge in [0.2, 0.25) is 0 Å². The topological polar surface area (TPSA) is 120 Å². The molecule has 9 nitrogen and oxygen atoms in total. The van der Waals surface area contributed by atoms with Gasteiger partial charge in [-0.1, -0.05) is 0 Å². The van der Waals surface area contributed by atoms with Crippen LogP contribution >= 0.6 is 0 Å². The van der Waals surface area contributed by atoms with Gasteiger partial charge in [-0.2, -0.15) is 13.1 Å². The number of benzene rings is 1. The highest BCUT2D eigenvalue weighted by atomic mass is 32.2. The molecular weight excluding hydrogens is 382 g/mol. The fourth-order valence-electron chi connectivity index (χ4n) is 3.86. The predicted octanol–water partition coefficient (Wildman–Crippen LogP) is 1.35. The first-order chi connectivity index (χ1) is 13.0. The van der Waals surface area contributed by atoms with E-state index in [4.69, 9.17) is 14.6 Å². The van der Waals surface area contributed by atoms with E-state index in [0.717, 1.165) is 24.3 Å². The van der Waals surface area contributed by atoms with E-state index in [0.29, 0.717) is 35.2 Å². The molecule has 1 saturated heterocycles. The van der Waals surface area contributed by atoms with Gasteiger partial charge in [-0.25, -0.2) is 15.1 Å². The molecule has 0 radical (unpaired) electrons. The number of anilines is 1. The number of methoxy groups -OCH3 is 2. The van der Waals surface area contributed by atoms with Crippen LogP contribution in [-0.4, -0.2) is 51.2 Å². The minimum atomic E-state index is -3.74. The average Bonchev–Trinajstić information content (AvgIpc) is 2.53. The number of nitrogens with two attached hydrogens (primary N) is 1. The lowest BCUT2D eigenvalue weighted by atomic mass is 9.86. The Hall–Kier alpha value is -2.17. The Morgan fingerprint density at radius 3 is 2.50 bits per heavy atom. The second kappa shape index (κ2) is 7.34. The van der Waals surface area contributed by atoms with Crippen LogP contribution in [0.3, 0.4) is 0 Å². The van der Waals surface area contributed by atoms with Crippen LogP contribution in [0.15, 0.2) is 12.1 Å². The Kier molecular flexibility index (Phi) is 5.39. The van der Waals surface area contributed by atoms with Crippen molar-refractivity contribution in [3.63, 3.8) is 0 Å². The summed E-state index contributed by atoms with van der Waals surface area (Å²) in [5.41, 5.74) is 0.105. The van der Waals surface area contributed by atoms with E-state index in [1.807, 2.05) is 32.9 Å². The summed E-state index contributed by atoms with van der Waals surface area (Å²) in [7, 11) is -0.551. The van der Waals surface area contributed by atoms with Gasteiger partial charge in [0.15, 0.2) is 11.5 Å². The molecule has 10 heteroatoms. The quantitative estimate of drug-likeness (QED) is 0.708. The lowest BCUT2D eigenvalue weighted by Gasteiger charge is -2.43. The highest BCUT2D eigenvalue weighted by molar-refractivity contribution is 7.87. The molecule has 0 saturated carbocycles. The van der Waals surface area contributed by atoms with Gasteiger partial charge < -0.3 is 14.4 Å². The normalized spacial score (nSPS) is 15.6. The Morgan fingerprint density at radius 2 is 1.93 bits per heavy atom. The predicted molar refractivity (Wildman–Crippen MR) is 108 cm³/mol. The summed E-state index contributed by atoms with van der Waals surface area (Å²) in [6.45, 7) is 7.06. The maximum atomic E-state index is 11.3. The van der Waals surface area contributed by atoms with Crippen LogP contribution in [0.4, 0.5) is 5.82 Å². The van der Waals surface area contributed by atoms with Crippen LogP contribution in [0, 0.1) is 12.8 Å². The van der Waals surface area contributed by atoms with Crippen molar-refractivity contribution in [1.29, 1.82) is 0 Å². The van der Waals surface area contributed by atoms with E-state index in [-0.39, 0.29) is 0 Å². The fourth-order valence-corrected chi connectivity index (χ4v) is 4.72. The molecule has 154 valence electrons. The van der Waals surface area contributed by atoms with Gasteiger partial charge in [0.1, 0.15) is 17.2 Å². The molecule has 1 fully saturated rings. The number of nitrogens with zero attached hydrogens (tertiary/aromatic N) is 3. The Balaban J connectivity index is 1.83. The molecule has 3 rings (SSSR count). The highest BCUT2D eigenvalue weighted by Crippen LogP contribution is 2.39. The zero-order chi connectivity index (χ0) is 20.7. The van der Waals surface area contributed by atoms with Crippen LogP contribution in [0.25, 0.3) is 10.9 Å². The monoisotopic (exact) mass is 409 g/mol. The van der Waals surface area contributed by atoms with Crippen LogP contribution in [0.2, 0.25) is 0 Å². The van der Waals surface area contributed by atoms with Crippen LogP contribution < -0.4 is 24.2 Å². The molecule has 2 heterocycles. The van der Waals surface area contributed by atoms with Crippen molar-refractivity contribution in [2.75, 3.05) is 32.2 Å². The standard InChI is InChI=1S/C18H27N5O4S/c1-11-20-15-13(6-7-14(26-4)16(15)27-5)17(21-11)23-9-12(10-23)8-18(2,3)22-28(19,24)25/h6-7,12,22H,8-10H2,1-5H3,(H2,19,24,25). The van der Waals surface area contributed by atoms with E-state index in [9.17, 15) is 8.42 Å². The lowest BCUT2D eigenvalue weighted by Crippen LogP contribution is -2.54. The van der Waals surface area contributed by atoms with Gasteiger partial charge in [-0.15, -0.1) is 0 Å². The largest absolute Gasteiger partial charge is 0.493 e. The van der Waals surface area contributed by atoms with Gasteiger partial charge in [0.05, 0.1) is 14.2 Å². The number of rotatable bonds is 7. The first-order valence-electron chi connectivity index (χ1n) is 8.99. The molecule has 0 spiro atoms. The molecule has 1 aliphatic heterocycles. The molecule has 1 aromatic heterocycles. The van der Waals surface area contributed by atoms with Crippen molar-refractivity contribution < 1.29 is 17.9 Å². The molecule has 3 N–H and O–H groups in total. The average molecular weight is 410 g/mol. The second-order valence-electron chi connectivity index (χ2n) is 7.80. The van der Waals surface area contributed by atoms with Crippen molar-refractivity contribution in [3.8, 4) is 11.5 Å². The smallest absolute Gasteiger partial charge is 0.274 e. The van der Waals surface area contributed by atoms with Crippen LogP contribution in [0.5, 0.6) is 11.5 Å². The first kappa shape index (κ1) is 20.6. The summed E-state index contributed by atoms with van der Waals surface area (Å²) in [4.78, 5) is 11.3. The lowest BCUT2D eigenvalue weighted by molar-refractivity contribution is 0.289. The number of nitrogens with one attached hydrogen (secondary N) is 1. The molecule has 0 aliphatic carbocycles. The second-order valence-corrected chi connectivity index (χ2v) is 9.09. The van der Waals surface area contributed by atoms with E-state index < -0.39 is 15.7 Å². The molecule has 0 amide bonds. The van der Waals surface area contributed by atoms with Crippen LogP contribution in [-0.2, 0) is 10.2 Å². The molecule has 2 aromatic rings. The van der Waals surface area contributed by atoms with E-state index in [2.05, 4.69) is 19.6 Å². The highest BCUT2D eigenvalue weighted by Gasteiger charge is 2.35.